The van der Waals surface area contributed by atoms with Crippen LogP contribution in [0.15, 0.2) is 6.07 Å². The van der Waals surface area contributed by atoms with Gasteiger partial charge in [0.15, 0.2) is 11.5 Å². The van der Waals surface area contributed by atoms with Crippen LogP contribution < -0.4 is 15.2 Å². The van der Waals surface area contributed by atoms with Gasteiger partial charge in [-0.3, -0.25) is 0 Å². The van der Waals surface area contributed by atoms with Crippen molar-refractivity contribution in [2.75, 3.05) is 19.8 Å². The van der Waals surface area contributed by atoms with Gasteiger partial charge in [-0.2, -0.15) is 0 Å². The van der Waals surface area contributed by atoms with Gasteiger partial charge in [0.1, 0.15) is 13.2 Å². The second-order valence-electron chi connectivity index (χ2n) is 4.40. The molecular weight excluding hydrogens is 238 g/mol. The van der Waals surface area contributed by atoms with Gasteiger partial charge in [-0.05, 0) is 31.4 Å². The molecule has 0 radical (unpaired) electrons. The first-order valence-corrected chi connectivity index (χ1v) is 6.31. The van der Waals surface area contributed by atoms with Crippen molar-refractivity contribution in [1.82, 2.24) is 0 Å². The first kappa shape index (κ1) is 12.5. The summed E-state index contributed by atoms with van der Waals surface area (Å²) in [6.07, 6.45) is 0.914. The summed E-state index contributed by atoms with van der Waals surface area (Å²) < 4.78 is 11.3. The quantitative estimate of drug-likeness (QED) is 0.903. The van der Waals surface area contributed by atoms with Crippen LogP contribution in [-0.2, 0) is 0 Å². The molecule has 17 heavy (non-hydrogen) atoms. The van der Waals surface area contributed by atoms with Gasteiger partial charge in [-0.25, -0.2) is 0 Å². The maximum absolute atomic E-state index is 6.23. The van der Waals surface area contributed by atoms with Crippen LogP contribution in [0.4, 0.5) is 0 Å². The number of hydrogen-bond donors (Lipinski definition) is 1. The highest BCUT2D eigenvalue weighted by Crippen LogP contribution is 2.43. The Morgan fingerprint density at radius 3 is 2.82 bits per heavy atom. The van der Waals surface area contributed by atoms with Crippen molar-refractivity contribution in [2.24, 2.45) is 5.73 Å². The number of halogens is 1. The molecule has 0 saturated heterocycles. The number of rotatable bonds is 3. The Bertz CT molecular complexity index is 420. The Kier molecular flexibility index (Phi) is 3.79. The molecule has 0 saturated carbocycles. The van der Waals surface area contributed by atoms with Crippen molar-refractivity contribution < 1.29 is 9.47 Å². The van der Waals surface area contributed by atoms with Crippen LogP contribution >= 0.6 is 11.6 Å². The number of hydrogen-bond acceptors (Lipinski definition) is 3. The Morgan fingerprint density at radius 2 is 2.12 bits per heavy atom. The molecule has 0 amide bonds. The van der Waals surface area contributed by atoms with Crippen LogP contribution in [0.2, 0.25) is 5.02 Å². The normalized spacial score (nSPS) is 15.8. The van der Waals surface area contributed by atoms with Crippen LogP contribution in [0.5, 0.6) is 11.5 Å². The predicted octanol–water partition coefficient (Wildman–Crippen LogP) is 2.87. The molecule has 2 N–H and O–H groups in total. The fraction of sp³-hybridized carbons (Fsp3) is 0.538. The molecule has 2 rings (SSSR count). The number of nitrogens with two attached hydrogens (primary N) is 1. The average molecular weight is 256 g/mol. The van der Waals surface area contributed by atoms with E-state index in [1.165, 1.54) is 0 Å². The van der Waals surface area contributed by atoms with Crippen LogP contribution in [-0.4, -0.2) is 19.8 Å². The molecule has 1 aromatic carbocycles. The van der Waals surface area contributed by atoms with E-state index in [9.17, 15) is 0 Å². The van der Waals surface area contributed by atoms with Crippen molar-refractivity contribution in [3.8, 4) is 11.5 Å². The molecule has 1 heterocycles. The van der Waals surface area contributed by atoms with E-state index in [0.29, 0.717) is 25.7 Å². The lowest BCUT2D eigenvalue weighted by Crippen LogP contribution is -2.18. The smallest absolute Gasteiger partial charge is 0.165 e. The molecule has 3 nitrogen and oxygen atoms in total. The summed E-state index contributed by atoms with van der Waals surface area (Å²) in [5.74, 6) is 1.93. The predicted molar refractivity (Wildman–Crippen MR) is 69.3 cm³/mol. The van der Waals surface area contributed by atoms with E-state index < -0.39 is 0 Å². The zero-order valence-electron chi connectivity index (χ0n) is 10.3. The van der Waals surface area contributed by atoms with Crippen molar-refractivity contribution >= 4 is 11.6 Å². The van der Waals surface area contributed by atoms with Crippen LogP contribution in [0.3, 0.4) is 0 Å². The van der Waals surface area contributed by atoms with Gasteiger partial charge in [0.05, 0.1) is 0 Å². The van der Waals surface area contributed by atoms with E-state index in [1.807, 2.05) is 13.0 Å². The third-order valence-corrected chi connectivity index (χ3v) is 3.56. The molecule has 0 aliphatic carbocycles. The molecule has 1 atom stereocenters. The van der Waals surface area contributed by atoms with Gasteiger partial charge >= 0.3 is 0 Å². The lowest BCUT2D eigenvalue weighted by Gasteiger charge is -2.26. The molecule has 0 aromatic heterocycles. The third kappa shape index (κ3) is 2.35. The molecule has 0 fully saturated rings. The maximum Gasteiger partial charge on any atom is 0.165 e. The lowest BCUT2D eigenvalue weighted by atomic mass is 9.92. The lowest BCUT2D eigenvalue weighted by molar-refractivity contribution is 0.169. The molecule has 94 valence electrons. The second kappa shape index (κ2) is 5.15. The summed E-state index contributed by atoms with van der Waals surface area (Å²) in [6.45, 7) is 5.99. The standard InChI is InChI=1S/C13H18ClNO2/c1-8(3-4-15)12-9(2)10(14)7-11-13(12)17-6-5-16-11/h7-8H,3-6,15H2,1-2H3. The average Bonchev–Trinajstić information content (AvgIpc) is 2.31. The minimum atomic E-state index is 0.328. The Hall–Kier alpha value is -0.930. The van der Waals surface area contributed by atoms with Gasteiger partial charge in [0.2, 0.25) is 0 Å². The number of fused-ring (bicyclic) bond motifs is 1. The van der Waals surface area contributed by atoms with Crippen molar-refractivity contribution in [1.29, 1.82) is 0 Å². The first-order valence-electron chi connectivity index (χ1n) is 5.93. The van der Waals surface area contributed by atoms with Gasteiger partial charge in [0, 0.05) is 16.7 Å². The maximum atomic E-state index is 6.23. The van der Waals surface area contributed by atoms with Crippen LogP contribution in [0.25, 0.3) is 0 Å². The molecule has 1 aliphatic rings. The highest BCUT2D eigenvalue weighted by atomic mass is 35.5. The van der Waals surface area contributed by atoms with E-state index in [2.05, 4.69) is 6.92 Å². The SMILES string of the molecule is Cc1c(Cl)cc2c(c1C(C)CCN)OCCO2. The summed E-state index contributed by atoms with van der Waals surface area (Å²) in [6, 6.07) is 1.84. The Morgan fingerprint density at radius 1 is 1.41 bits per heavy atom. The molecular formula is C13H18ClNO2. The van der Waals surface area contributed by atoms with Crippen LogP contribution in [0, 0.1) is 6.92 Å². The molecule has 0 spiro atoms. The van der Waals surface area contributed by atoms with Crippen molar-refractivity contribution in [2.45, 2.75) is 26.2 Å². The highest BCUT2D eigenvalue weighted by Gasteiger charge is 2.23. The summed E-state index contributed by atoms with van der Waals surface area (Å²) in [5.41, 5.74) is 7.83. The second-order valence-corrected chi connectivity index (χ2v) is 4.81. The van der Waals surface area contributed by atoms with Crippen LogP contribution in [0.1, 0.15) is 30.4 Å². The van der Waals surface area contributed by atoms with Gasteiger partial charge in [-0.1, -0.05) is 18.5 Å². The zero-order valence-corrected chi connectivity index (χ0v) is 11.0. The van der Waals surface area contributed by atoms with Crippen molar-refractivity contribution in [3.05, 3.63) is 22.2 Å². The van der Waals surface area contributed by atoms with E-state index in [4.69, 9.17) is 26.8 Å². The topological polar surface area (TPSA) is 44.5 Å². The summed E-state index contributed by atoms with van der Waals surface area (Å²) in [4.78, 5) is 0. The summed E-state index contributed by atoms with van der Waals surface area (Å²) in [7, 11) is 0. The monoisotopic (exact) mass is 255 g/mol. The summed E-state index contributed by atoms with van der Waals surface area (Å²) >= 11 is 6.23. The zero-order chi connectivity index (χ0) is 12.4. The highest BCUT2D eigenvalue weighted by molar-refractivity contribution is 6.31. The van der Waals surface area contributed by atoms with E-state index in [-0.39, 0.29) is 0 Å². The molecule has 1 unspecified atom stereocenters. The minimum absolute atomic E-state index is 0.328. The minimum Gasteiger partial charge on any atom is -0.486 e. The van der Waals surface area contributed by atoms with Crippen molar-refractivity contribution in [3.63, 3.8) is 0 Å². The largest absolute Gasteiger partial charge is 0.486 e. The number of ether oxygens (including phenoxy) is 2. The fourth-order valence-corrected chi connectivity index (χ4v) is 2.46. The molecule has 0 bridgehead atoms. The number of benzene rings is 1. The Labute approximate surface area is 107 Å². The van der Waals surface area contributed by atoms with Gasteiger partial charge < -0.3 is 15.2 Å². The third-order valence-electron chi connectivity index (χ3n) is 3.17. The van der Waals surface area contributed by atoms with Gasteiger partial charge in [0.25, 0.3) is 0 Å². The fourth-order valence-electron chi connectivity index (χ4n) is 2.26. The Balaban J connectivity index is 2.50. The van der Waals surface area contributed by atoms with Gasteiger partial charge in [-0.15, -0.1) is 0 Å². The summed E-state index contributed by atoms with van der Waals surface area (Å²) in [5, 5.41) is 0.730. The van der Waals surface area contributed by atoms with E-state index >= 15 is 0 Å². The van der Waals surface area contributed by atoms with E-state index in [1.54, 1.807) is 0 Å². The molecule has 4 heteroatoms. The first-order chi connectivity index (χ1) is 8.15. The molecule has 1 aliphatic heterocycles. The molecule has 1 aromatic rings. The van der Waals surface area contributed by atoms with E-state index in [0.717, 1.165) is 34.1 Å².